The van der Waals surface area contributed by atoms with E-state index < -0.39 is 24.1 Å². The lowest BCUT2D eigenvalue weighted by Gasteiger charge is -2.22. The largest absolute Gasteiger partial charge is 0.490 e. The number of carbonyl (C=O) groups excluding carboxylic acids is 2. The first-order valence-corrected chi connectivity index (χ1v) is 19.0. The highest BCUT2D eigenvalue weighted by Crippen LogP contribution is 2.37. The van der Waals surface area contributed by atoms with Gasteiger partial charge in [0.25, 0.3) is 0 Å². The van der Waals surface area contributed by atoms with E-state index in [1.165, 1.54) is 0 Å². The van der Waals surface area contributed by atoms with E-state index >= 15 is 0 Å². The molecule has 8 nitrogen and oxygen atoms in total. The van der Waals surface area contributed by atoms with Gasteiger partial charge in [-0.25, -0.2) is 9.59 Å². The number of esters is 2. The normalized spacial score (nSPS) is 11.7. The van der Waals surface area contributed by atoms with E-state index in [4.69, 9.17) is 28.4 Å². The summed E-state index contributed by atoms with van der Waals surface area (Å²) in [5.74, 6) is 1.24. The van der Waals surface area contributed by atoms with E-state index in [0.717, 1.165) is 33.4 Å². The third kappa shape index (κ3) is 11.5. The van der Waals surface area contributed by atoms with Crippen LogP contribution in [-0.4, -0.2) is 50.6 Å². The molecule has 6 rings (SSSR count). The van der Waals surface area contributed by atoms with Gasteiger partial charge >= 0.3 is 11.9 Å². The minimum atomic E-state index is -0.754. The molecular formula is C50H46O8. The molecule has 294 valence electrons. The summed E-state index contributed by atoms with van der Waals surface area (Å²) in [5.41, 5.74) is 6.33. The van der Waals surface area contributed by atoms with Gasteiger partial charge in [0, 0.05) is 22.3 Å². The number of carbonyl (C=O) groups is 2. The Balaban J connectivity index is 1.13. The standard InChI is InChI=1S/C50H46O8/c1-35(2)49(51)57-43(31-53-41-27-23-39(24-28-41)37-15-7-5-8-16-37)33-55-47-21-13-11-19-45(47)46-20-12-14-22-48(46)56-34-44(58-50(52)36(3)4)32-54-42-29-25-40(26-30-42)38-17-9-6-10-18-38/h5-30,43-44H,1,3,31-34H2,2,4H3. The second kappa shape index (κ2) is 20.2. The summed E-state index contributed by atoms with van der Waals surface area (Å²) in [4.78, 5) is 25.3. The van der Waals surface area contributed by atoms with Gasteiger partial charge < -0.3 is 28.4 Å². The van der Waals surface area contributed by atoms with Crippen LogP contribution < -0.4 is 18.9 Å². The molecule has 0 aliphatic heterocycles. The summed E-state index contributed by atoms with van der Waals surface area (Å²) in [5, 5.41) is 0. The summed E-state index contributed by atoms with van der Waals surface area (Å²) < 4.78 is 36.3. The van der Waals surface area contributed by atoms with Crippen molar-refractivity contribution in [3.63, 3.8) is 0 Å². The molecular weight excluding hydrogens is 729 g/mol. The van der Waals surface area contributed by atoms with Crippen molar-refractivity contribution in [2.24, 2.45) is 0 Å². The lowest BCUT2D eigenvalue weighted by Crippen LogP contribution is -2.31. The van der Waals surface area contributed by atoms with Crippen LogP contribution in [0.5, 0.6) is 23.0 Å². The Labute approximate surface area is 339 Å². The molecule has 0 bridgehead atoms. The number of rotatable bonds is 19. The molecule has 0 aliphatic rings. The third-order valence-corrected chi connectivity index (χ3v) is 8.95. The van der Waals surface area contributed by atoms with Gasteiger partial charge in [-0.2, -0.15) is 0 Å². The SMILES string of the molecule is C=C(C)C(=O)OC(COc1ccc(-c2ccccc2)cc1)COc1ccccc1-c1ccccc1OCC(COc1ccc(-c2ccccc2)cc1)OC(=O)C(=C)C. The number of benzene rings is 6. The molecule has 0 fully saturated rings. The van der Waals surface area contributed by atoms with Crippen molar-refractivity contribution in [2.75, 3.05) is 26.4 Å². The Kier molecular flexibility index (Phi) is 14.1. The molecule has 2 unspecified atom stereocenters. The second-order valence-corrected chi connectivity index (χ2v) is 13.6. The van der Waals surface area contributed by atoms with Crippen LogP contribution in [0.2, 0.25) is 0 Å². The average molecular weight is 775 g/mol. The van der Waals surface area contributed by atoms with Gasteiger partial charge in [-0.05, 0) is 72.5 Å². The smallest absolute Gasteiger partial charge is 0.333 e. The maximum atomic E-state index is 12.6. The molecule has 0 aliphatic carbocycles. The predicted octanol–water partition coefficient (Wildman–Crippen LogP) is 10.6. The van der Waals surface area contributed by atoms with Crippen molar-refractivity contribution in [3.05, 3.63) is 182 Å². The van der Waals surface area contributed by atoms with Crippen LogP contribution in [0, 0.1) is 0 Å². The highest BCUT2D eigenvalue weighted by Gasteiger charge is 2.21. The fourth-order valence-corrected chi connectivity index (χ4v) is 5.86. The van der Waals surface area contributed by atoms with Crippen molar-refractivity contribution in [2.45, 2.75) is 26.1 Å². The van der Waals surface area contributed by atoms with Gasteiger partial charge in [-0.3, -0.25) is 0 Å². The van der Waals surface area contributed by atoms with Crippen LogP contribution in [0.25, 0.3) is 33.4 Å². The van der Waals surface area contributed by atoms with Crippen molar-refractivity contribution >= 4 is 11.9 Å². The molecule has 0 heterocycles. The highest BCUT2D eigenvalue weighted by atomic mass is 16.6. The molecule has 0 amide bonds. The molecule has 8 heteroatoms. The average Bonchev–Trinajstić information content (AvgIpc) is 3.26. The molecule has 6 aromatic rings. The van der Waals surface area contributed by atoms with Crippen molar-refractivity contribution in [1.29, 1.82) is 0 Å². The molecule has 0 spiro atoms. The summed E-state index contributed by atoms with van der Waals surface area (Å²) in [6.45, 7) is 10.8. The molecule has 0 radical (unpaired) electrons. The fraction of sp³-hybridized carbons (Fsp3) is 0.160. The first kappa shape index (κ1) is 40.6. The monoisotopic (exact) mass is 774 g/mol. The zero-order valence-corrected chi connectivity index (χ0v) is 32.7. The zero-order chi connectivity index (χ0) is 40.7. The van der Waals surface area contributed by atoms with E-state index in [0.29, 0.717) is 23.0 Å². The molecule has 58 heavy (non-hydrogen) atoms. The predicted molar refractivity (Wildman–Crippen MR) is 227 cm³/mol. The Morgan fingerprint density at radius 1 is 0.414 bits per heavy atom. The molecule has 0 aromatic heterocycles. The Hall–Kier alpha value is -7.06. The van der Waals surface area contributed by atoms with Crippen LogP contribution in [0.4, 0.5) is 0 Å². The molecule has 2 atom stereocenters. The first-order chi connectivity index (χ1) is 28.2. The topological polar surface area (TPSA) is 89.5 Å². The maximum Gasteiger partial charge on any atom is 0.333 e. The van der Waals surface area contributed by atoms with Gasteiger partial charge in [-0.1, -0.05) is 134 Å². The van der Waals surface area contributed by atoms with Crippen LogP contribution in [0.15, 0.2) is 182 Å². The van der Waals surface area contributed by atoms with Crippen LogP contribution in [0.3, 0.4) is 0 Å². The fourth-order valence-electron chi connectivity index (χ4n) is 5.86. The highest BCUT2D eigenvalue weighted by molar-refractivity contribution is 5.87. The van der Waals surface area contributed by atoms with Crippen molar-refractivity contribution < 1.29 is 38.0 Å². The van der Waals surface area contributed by atoms with Crippen LogP contribution in [-0.2, 0) is 19.1 Å². The molecule has 6 aromatic carbocycles. The summed E-state index contributed by atoms with van der Waals surface area (Å²) in [6.07, 6.45) is -1.51. The van der Waals surface area contributed by atoms with E-state index in [-0.39, 0.29) is 37.6 Å². The lowest BCUT2D eigenvalue weighted by molar-refractivity contribution is -0.148. The summed E-state index contributed by atoms with van der Waals surface area (Å²) in [7, 11) is 0. The van der Waals surface area contributed by atoms with Gasteiger partial charge in [-0.15, -0.1) is 0 Å². The quantitative estimate of drug-likeness (QED) is 0.0594. The van der Waals surface area contributed by atoms with Gasteiger partial charge in [0.15, 0.2) is 12.2 Å². The van der Waals surface area contributed by atoms with Crippen LogP contribution >= 0.6 is 0 Å². The third-order valence-electron chi connectivity index (χ3n) is 8.95. The summed E-state index contributed by atoms with van der Waals surface area (Å²) in [6, 6.07) is 50.6. The lowest BCUT2D eigenvalue weighted by atomic mass is 10.0. The van der Waals surface area contributed by atoms with Gasteiger partial charge in [0.2, 0.25) is 0 Å². The number of hydrogen-bond acceptors (Lipinski definition) is 8. The van der Waals surface area contributed by atoms with Gasteiger partial charge in [0.1, 0.15) is 49.4 Å². The number of hydrogen-bond donors (Lipinski definition) is 0. The Morgan fingerprint density at radius 3 is 1.09 bits per heavy atom. The molecule has 0 saturated heterocycles. The Bertz CT molecular complexity index is 2120. The molecule has 0 saturated carbocycles. The maximum absolute atomic E-state index is 12.6. The van der Waals surface area contributed by atoms with E-state index in [1.54, 1.807) is 13.8 Å². The minimum absolute atomic E-state index is 0.00372. The van der Waals surface area contributed by atoms with Crippen molar-refractivity contribution in [3.8, 4) is 56.4 Å². The number of para-hydroxylation sites is 2. The van der Waals surface area contributed by atoms with E-state index in [9.17, 15) is 9.59 Å². The number of ether oxygens (including phenoxy) is 6. The summed E-state index contributed by atoms with van der Waals surface area (Å²) >= 11 is 0. The van der Waals surface area contributed by atoms with E-state index in [2.05, 4.69) is 13.2 Å². The van der Waals surface area contributed by atoms with E-state index in [1.807, 2.05) is 158 Å². The zero-order valence-electron chi connectivity index (χ0n) is 32.7. The van der Waals surface area contributed by atoms with Gasteiger partial charge in [0.05, 0.1) is 0 Å². The van der Waals surface area contributed by atoms with Crippen molar-refractivity contribution in [1.82, 2.24) is 0 Å². The molecule has 0 N–H and O–H groups in total. The first-order valence-electron chi connectivity index (χ1n) is 19.0. The minimum Gasteiger partial charge on any atom is -0.490 e. The second-order valence-electron chi connectivity index (χ2n) is 13.6. The van der Waals surface area contributed by atoms with Crippen LogP contribution in [0.1, 0.15) is 13.8 Å². The Morgan fingerprint density at radius 2 is 0.724 bits per heavy atom.